The van der Waals surface area contributed by atoms with Crippen molar-refractivity contribution in [3.05, 3.63) is 80.9 Å². The molecule has 0 fully saturated rings. The molecule has 1 aliphatic heterocycles. The summed E-state index contributed by atoms with van der Waals surface area (Å²) >= 11 is 0. The van der Waals surface area contributed by atoms with E-state index in [9.17, 15) is 19.1 Å². The monoisotopic (exact) mass is 352 g/mol. The van der Waals surface area contributed by atoms with Gasteiger partial charge >= 0.3 is 5.97 Å². The van der Waals surface area contributed by atoms with Crippen LogP contribution in [0.4, 0.5) is 4.39 Å². The van der Waals surface area contributed by atoms with Crippen LogP contribution in [-0.2, 0) is 19.5 Å². The molecule has 1 aromatic heterocycles. The van der Waals surface area contributed by atoms with E-state index in [0.29, 0.717) is 12.1 Å². The van der Waals surface area contributed by atoms with Crippen LogP contribution >= 0.6 is 0 Å². The van der Waals surface area contributed by atoms with Crippen molar-refractivity contribution in [3.8, 4) is 0 Å². The standard InChI is InChI=1S/C20H17FN2O3/c21-16-2-1-3-17-18(16)19(24)15(20(25)26)11-23(17)10-12-4-5-13-6-7-22-9-14(13)8-12/h1-5,8,11,22H,6-7,9-10H2,(H,25,26). The first-order chi connectivity index (χ1) is 12.5. The molecule has 0 spiro atoms. The van der Waals surface area contributed by atoms with Crippen LogP contribution in [0.25, 0.3) is 10.9 Å². The van der Waals surface area contributed by atoms with Crippen LogP contribution in [0.2, 0.25) is 0 Å². The van der Waals surface area contributed by atoms with E-state index in [2.05, 4.69) is 17.4 Å². The minimum Gasteiger partial charge on any atom is -0.477 e. The summed E-state index contributed by atoms with van der Waals surface area (Å²) in [5.41, 5.74) is 2.64. The number of carbonyl (C=O) groups is 1. The Bertz CT molecular complexity index is 1090. The van der Waals surface area contributed by atoms with Crippen molar-refractivity contribution < 1.29 is 14.3 Å². The van der Waals surface area contributed by atoms with Crippen molar-refractivity contribution in [1.29, 1.82) is 0 Å². The van der Waals surface area contributed by atoms with Crippen molar-refractivity contribution in [2.75, 3.05) is 6.54 Å². The van der Waals surface area contributed by atoms with E-state index in [1.807, 2.05) is 6.07 Å². The average molecular weight is 352 g/mol. The maximum absolute atomic E-state index is 14.2. The highest BCUT2D eigenvalue weighted by atomic mass is 19.1. The van der Waals surface area contributed by atoms with Crippen LogP contribution in [0, 0.1) is 5.82 Å². The lowest BCUT2D eigenvalue weighted by Crippen LogP contribution is -2.24. The Morgan fingerprint density at radius 2 is 2.08 bits per heavy atom. The molecule has 0 atom stereocenters. The number of halogens is 1. The van der Waals surface area contributed by atoms with Crippen molar-refractivity contribution in [1.82, 2.24) is 9.88 Å². The maximum Gasteiger partial charge on any atom is 0.341 e. The molecule has 0 unspecified atom stereocenters. The number of benzene rings is 2. The first-order valence-electron chi connectivity index (χ1n) is 8.41. The average Bonchev–Trinajstić information content (AvgIpc) is 2.63. The fraction of sp³-hybridized carbons (Fsp3) is 0.200. The third kappa shape index (κ3) is 2.78. The van der Waals surface area contributed by atoms with E-state index in [1.165, 1.54) is 29.5 Å². The van der Waals surface area contributed by atoms with Crippen LogP contribution in [0.5, 0.6) is 0 Å². The van der Waals surface area contributed by atoms with Gasteiger partial charge in [-0.1, -0.05) is 24.3 Å². The number of rotatable bonds is 3. The number of nitrogens with one attached hydrogen (secondary N) is 1. The number of hydrogen-bond donors (Lipinski definition) is 2. The summed E-state index contributed by atoms with van der Waals surface area (Å²) in [5.74, 6) is -2.07. The van der Waals surface area contributed by atoms with Gasteiger partial charge in [0.1, 0.15) is 11.4 Å². The summed E-state index contributed by atoms with van der Waals surface area (Å²) < 4.78 is 15.8. The van der Waals surface area contributed by atoms with Crippen molar-refractivity contribution in [3.63, 3.8) is 0 Å². The predicted octanol–water partition coefficient (Wildman–Crippen LogP) is 2.53. The lowest BCUT2D eigenvalue weighted by Gasteiger charge is -2.19. The summed E-state index contributed by atoms with van der Waals surface area (Å²) in [6.07, 6.45) is 2.27. The number of hydrogen-bond acceptors (Lipinski definition) is 3. The summed E-state index contributed by atoms with van der Waals surface area (Å²) in [5, 5.41) is 12.5. The third-order valence-corrected chi connectivity index (χ3v) is 4.80. The van der Waals surface area contributed by atoms with Gasteiger partial charge in [0.15, 0.2) is 0 Å². The number of pyridine rings is 1. The molecule has 26 heavy (non-hydrogen) atoms. The largest absolute Gasteiger partial charge is 0.477 e. The molecule has 6 heteroatoms. The number of fused-ring (bicyclic) bond motifs is 2. The van der Waals surface area contributed by atoms with Gasteiger partial charge in [0.05, 0.1) is 10.9 Å². The molecule has 2 aromatic carbocycles. The second-order valence-electron chi connectivity index (χ2n) is 6.47. The van der Waals surface area contributed by atoms with Crippen molar-refractivity contribution in [2.45, 2.75) is 19.5 Å². The molecule has 2 heterocycles. The third-order valence-electron chi connectivity index (χ3n) is 4.80. The smallest absolute Gasteiger partial charge is 0.341 e. The Morgan fingerprint density at radius 1 is 1.23 bits per heavy atom. The van der Waals surface area contributed by atoms with Gasteiger partial charge in [-0.05, 0) is 41.8 Å². The predicted molar refractivity (Wildman–Crippen MR) is 96.1 cm³/mol. The van der Waals surface area contributed by atoms with E-state index in [4.69, 9.17) is 0 Å². The number of carboxylic acid groups (broad SMARTS) is 1. The van der Waals surface area contributed by atoms with Crippen LogP contribution in [0.3, 0.4) is 0 Å². The van der Waals surface area contributed by atoms with Gasteiger partial charge in [0, 0.05) is 19.3 Å². The minimum atomic E-state index is -1.36. The lowest BCUT2D eigenvalue weighted by atomic mass is 9.98. The van der Waals surface area contributed by atoms with Gasteiger partial charge in [0.2, 0.25) is 5.43 Å². The first-order valence-corrected chi connectivity index (χ1v) is 8.41. The molecule has 0 amide bonds. The van der Waals surface area contributed by atoms with E-state index >= 15 is 0 Å². The maximum atomic E-state index is 14.2. The summed E-state index contributed by atoms with van der Waals surface area (Å²) in [6, 6.07) is 10.5. The van der Waals surface area contributed by atoms with Crippen LogP contribution < -0.4 is 10.7 Å². The van der Waals surface area contributed by atoms with E-state index in [0.717, 1.165) is 25.1 Å². The highest BCUT2D eigenvalue weighted by molar-refractivity contribution is 5.92. The zero-order chi connectivity index (χ0) is 18.3. The molecule has 0 saturated heterocycles. The Hall–Kier alpha value is -2.99. The molecule has 3 aromatic rings. The molecule has 132 valence electrons. The molecule has 0 bridgehead atoms. The van der Waals surface area contributed by atoms with Gasteiger partial charge in [0.25, 0.3) is 0 Å². The highest BCUT2D eigenvalue weighted by Gasteiger charge is 2.17. The fourth-order valence-electron chi connectivity index (χ4n) is 3.51. The fourth-order valence-corrected chi connectivity index (χ4v) is 3.51. The van der Waals surface area contributed by atoms with Crippen molar-refractivity contribution >= 4 is 16.9 Å². The molecular weight excluding hydrogens is 335 g/mol. The number of nitrogens with zero attached hydrogens (tertiary/aromatic N) is 1. The molecule has 5 nitrogen and oxygen atoms in total. The lowest BCUT2D eigenvalue weighted by molar-refractivity contribution is 0.0695. The molecule has 4 rings (SSSR count). The summed E-state index contributed by atoms with van der Waals surface area (Å²) in [4.78, 5) is 23.8. The van der Waals surface area contributed by atoms with E-state index < -0.39 is 22.8 Å². The number of carboxylic acids is 1. The number of aromatic nitrogens is 1. The second kappa shape index (κ2) is 6.38. The van der Waals surface area contributed by atoms with Gasteiger partial charge in [-0.15, -0.1) is 0 Å². The van der Waals surface area contributed by atoms with Gasteiger partial charge in [-0.25, -0.2) is 9.18 Å². The zero-order valence-electron chi connectivity index (χ0n) is 14.0. The van der Waals surface area contributed by atoms with Crippen LogP contribution in [0.15, 0.2) is 47.4 Å². The Morgan fingerprint density at radius 3 is 2.88 bits per heavy atom. The highest BCUT2D eigenvalue weighted by Crippen LogP contribution is 2.20. The Kier molecular flexibility index (Phi) is 4.05. The normalized spacial score (nSPS) is 13.6. The minimum absolute atomic E-state index is 0.188. The molecule has 0 saturated carbocycles. The van der Waals surface area contributed by atoms with E-state index in [-0.39, 0.29) is 5.39 Å². The van der Waals surface area contributed by atoms with Crippen LogP contribution in [-0.4, -0.2) is 22.2 Å². The topological polar surface area (TPSA) is 71.3 Å². The van der Waals surface area contributed by atoms with Gasteiger partial charge in [-0.2, -0.15) is 0 Å². The SMILES string of the molecule is O=C(O)c1cn(Cc2ccc3c(c2)CNCC3)c2cccc(F)c2c1=O. The number of aromatic carboxylic acids is 1. The molecule has 1 aliphatic rings. The van der Waals surface area contributed by atoms with Gasteiger partial charge < -0.3 is 15.0 Å². The Balaban J connectivity index is 1.86. The van der Waals surface area contributed by atoms with Crippen molar-refractivity contribution in [2.24, 2.45) is 0 Å². The van der Waals surface area contributed by atoms with Crippen LogP contribution in [0.1, 0.15) is 27.0 Å². The summed E-state index contributed by atoms with van der Waals surface area (Å²) in [7, 11) is 0. The van der Waals surface area contributed by atoms with Gasteiger partial charge in [-0.3, -0.25) is 4.79 Å². The molecule has 2 N–H and O–H groups in total. The molecule has 0 aliphatic carbocycles. The Labute approximate surface area is 148 Å². The molecular formula is C20H17FN2O3. The zero-order valence-corrected chi connectivity index (χ0v) is 14.0. The second-order valence-corrected chi connectivity index (χ2v) is 6.47. The molecule has 0 radical (unpaired) electrons. The first kappa shape index (κ1) is 16.5. The summed E-state index contributed by atoms with van der Waals surface area (Å²) in [6.45, 7) is 2.11. The quantitative estimate of drug-likeness (QED) is 0.760. The van der Waals surface area contributed by atoms with E-state index in [1.54, 1.807) is 10.6 Å².